The lowest BCUT2D eigenvalue weighted by molar-refractivity contribution is 0.0505. The van der Waals surface area contributed by atoms with E-state index in [-0.39, 0.29) is 35.8 Å². The van der Waals surface area contributed by atoms with Crippen LogP contribution in [0.15, 0.2) is 18.2 Å². The Labute approximate surface area is 111 Å². The lowest BCUT2D eigenvalue weighted by Crippen LogP contribution is -2.13. The van der Waals surface area contributed by atoms with Gasteiger partial charge in [0.15, 0.2) is 0 Å². The number of anilines is 1. The normalized spacial score (nSPS) is 11.3. The molecule has 5 nitrogen and oxygen atoms in total. The molecule has 0 heterocycles. The van der Waals surface area contributed by atoms with Crippen molar-refractivity contribution < 1.29 is 22.3 Å². The monoisotopic (exact) mass is 289 g/mol. The number of nitrogen functional groups attached to an aromatic ring is 1. The molecule has 0 unspecified atom stereocenters. The van der Waals surface area contributed by atoms with E-state index < -0.39 is 21.6 Å². The smallest absolute Gasteiger partial charge is 0.338 e. The molecule has 0 atom stereocenters. The molecule has 19 heavy (non-hydrogen) atoms. The van der Waals surface area contributed by atoms with E-state index in [2.05, 4.69) is 0 Å². The minimum atomic E-state index is -3.07. The fraction of sp³-hybridized carbons (Fsp3) is 0.417. The molecule has 1 aromatic carbocycles. The first-order valence-corrected chi connectivity index (χ1v) is 7.60. The molecule has 0 aliphatic heterocycles. The second-order valence-corrected chi connectivity index (χ2v) is 6.47. The maximum absolute atomic E-state index is 13.0. The molecule has 2 N–H and O–H groups in total. The van der Waals surface area contributed by atoms with E-state index in [0.717, 1.165) is 12.1 Å². The number of ether oxygens (including phenoxy) is 1. The molecule has 106 valence electrons. The number of sulfone groups is 1. The summed E-state index contributed by atoms with van der Waals surface area (Å²) in [6, 6.07) is 3.40. The summed E-state index contributed by atoms with van der Waals surface area (Å²) in [6.45, 7) is 1.52. The molecular formula is C12H16FNO4S. The second kappa shape index (κ2) is 6.51. The zero-order valence-electron chi connectivity index (χ0n) is 10.6. The predicted octanol–water partition coefficient (Wildman–Crippen LogP) is 1.39. The Balaban J connectivity index is 2.48. The van der Waals surface area contributed by atoms with E-state index >= 15 is 0 Å². The number of nitrogens with two attached hydrogens (primary N) is 1. The molecule has 0 spiro atoms. The Bertz CT molecular complexity index is 537. The quantitative estimate of drug-likeness (QED) is 0.486. The fourth-order valence-corrected chi connectivity index (χ4v) is 2.25. The van der Waals surface area contributed by atoms with Crippen LogP contribution < -0.4 is 5.73 Å². The van der Waals surface area contributed by atoms with Crippen LogP contribution in [0, 0.1) is 5.82 Å². The average molecular weight is 289 g/mol. The molecule has 0 fully saturated rings. The molecule has 0 bridgehead atoms. The van der Waals surface area contributed by atoms with Gasteiger partial charge in [-0.2, -0.15) is 0 Å². The van der Waals surface area contributed by atoms with Crippen molar-refractivity contribution in [1.82, 2.24) is 0 Å². The molecule has 0 saturated carbocycles. The van der Waals surface area contributed by atoms with Gasteiger partial charge in [0.25, 0.3) is 0 Å². The molecule has 0 aromatic heterocycles. The van der Waals surface area contributed by atoms with Gasteiger partial charge in [0.1, 0.15) is 15.7 Å². The van der Waals surface area contributed by atoms with Crippen LogP contribution in [-0.2, 0) is 14.6 Å². The van der Waals surface area contributed by atoms with Gasteiger partial charge in [-0.15, -0.1) is 0 Å². The molecule has 0 aliphatic rings. The van der Waals surface area contributed by atoms with Crippen LogP contribution in [0.25, 0.3) is 0 Å². The lowest BCUT2D eigenvalue weighted by atomic mass is 10.2. The number of hydrogen-bond acceptors (Lipinski definition) is 5. The van der Waals surface area contributed by atoms with E-state index in [1.165, 1.54) is 6.07 Å². The van der Waals surface area contributed by atoms with Gasteiger partial charge in [0.2, 0.25) is 0 Å². The predicted molar refractivity (Wildman–Crippen MR) is 70.0 cm³/mol. The van der Waals surface area contributed by atoms with E-state index in [9.17, 15) is 17.6 Å². The van der Waals surface area contributed by atoms with Crippen LogP contribution in [0.2, 0.25) is 0 Å². The van der Waals surface area contributed by atoms with Crippen molar-refractivity contribution in [3.63, 3.8) is 0 Å². The van der Waals surface area contributed by atoms with Crippen LogP contribution in [0.1, 0.15) is 23.7 Å². The van der Waals surface area contributed by atoms with Gasteiger partial charge in [0, 0.05) is 11.4 Å². The van der Waals surface area contributed by atoms with Crippen molar-refractivity contribution in [3.05, 3.63) is 29.6 Å². The minimum Gasteiger partial charge on any atom is -0.462 e. The van der Waals surface area contributed by atoms with Crippen LogP contribution >= 0.6 is 0 Å². The number of rotatable bonds is 6. The third-order valence-corrected chi connectivity index (χ3v) is 4.22. The molecule has 7 heteroatoms. The fourth-order valence-electron chi connectivity index (χ4n) is 1.40. The SMILES string of the molecule is CCS(=O)(=O)CCCOC(=O)c1cc(N)cc(F)c1. The number of hydrogen-bond donors (Lipinski definition) is 1. The number of halogens is 1. The molecule has 1 aromatic rings. The summed E-state index contributed by atoms with van der Waals surface area (Å²) >= 11 is 0. The first-order valence-electron chi connectivity index (χ1n) is 5.77. The topological polar surface area (TPSA) is 86.5 Å². The van der Waals surface area contributed by atoms with Crippen molar-refractivity contribution >= 4 is 21.5 Å². The van der Waals surface area contributed by atoms with E-state index in [4.69, 9.17) is 10.5 Å². The Kier molecular flexibility index (Phi) is 5.29. The van der Waals surface area contributed by atoms with Crippen molar-refractivity contribution in [2.45, 2.75) is 13.3 Å². The van der Waals surface area contributed by atoms with Gasteiger partial charge in [-0.05, 0) is 24.6 Å². The Morgan fingerprint density at radius 1 is 1.37 bits per heavy atom. The highest BCUT2D eigenvalue weighted by atomic mass is 32.2. The average Bonchev–Trinajstić information content (AvgIpc) is 2.33. The summed E-state index contributed by atoms with van der Waals surface area (Å²) in [7, 11) is -3.07. The second-order valence-electron chi connectivity index (χ2n) is 4.00. The maximum Gasteiger partial charge on any atom is 0.338 e. The van der Waals surface area contributed by atoms with E-state index in [1.54, 1.807) is 6.92 Å². The largest absolute Gasteiger partial charge is 0.462 e. The minimum absolute atomic E-state index is 0.0100. The number of carbonyl (C=O) groups is 1. The first kappa shape index (κ1) is 15.4. The van der Waals surface area contributed by atoms with Crippen LogP contribution in [-0.4, -0.2) is 32.5 Å². The van der Waals surface area contributed by atoms with Crippen LogP contribution in [0.3, 0.4) is 0 Å². The van der Waals surface area contributed by atoms with Gasteiger partial charge in [-0.25, -0.2) is 17.6 Å². The van der Waals surface area contributed by atoms with Gasteiger partial charge in [-0.1, -0.05) is 6.92 Å². The third kappa shape index (κ3) is 5.25. The number of esters is 1. The highest BCUT2D eigenvalue weighted by Gasteiger charge is 2.11. The van der Waals surface area contributed by atoms with Crippen LogP contribution in [0.4, 0.5) is 10.1 Å². The highest BCUT2D eigenvalue weighted by Crippen LogP contribution is 2.12. The standard InChI is InChI=1S/C12H16FNO4S/c1-2-19(16,17)5-3-4-18-12(15)9-6-10(13)8-11(14)7-9/h6-8H,2-5,14H2,1H3. The lowest BCUT2D eigenvalue weighted by Gasteiger charge is -2.06. The Morgan fingerprint density at radius 2 is 2.05 bits per heavy atom. The van der Waals surface area contributed by atoms with Gasteiger partial charge in [-0.3, -0.25) is 0 Å². The highest BCUT2D eigenvalue weighted by molar-refractivity contribution is 7.91. The van der Waals surface area contributed by atoms with Crippen molar-refractivity contribution in [2.24, 2.45) is 0 Å². The zero-order valence-corrected chi connectivity index (χ0v) is 11.4. The Morgan fingerprint density at radius 3 is 2.63 bits per heavy atom. The van der Waals surface area contributed by atoms with Crippen molar-refractivity contribution in [1.29, 1.82) is 0 Å². The molecule has 1 rings (SSSR count). The molecule has 0 aliphatic carbocycles. The van der Waals surface area contributed by atoms with Gasteiger partial charge < -0.3 is 10.5 Å². The van der Waals surface area contributed by atoms with Crippen molar-refractivity contribution in [3.8, 4) is 0 Å². The van der Waals surface area contributed by atoms with Crippen LogP contribution in [0.5, 0.6) is 0 Å². The molecule has 0 saturated heterocycles. The number of benzene rings is 1. The maximum atomic E-state index is 13.0. The molecule has 0 radical (unpaired) electrons. The summed E-state index contributed by atoms with van der Waals surface area (Å²) in [4.78, 5) is 11.5. The molecule has 0 amide bonds. The summed E-state index contributed by atoms with van der Waals surface area (Å²) in [5, 5.41) is 0. The third-order valence-electron chi connectivity index (χ3n) is 2.43. The van der Waals surface area contributed by atoms with Gasteiger partial charge in [0.05, 0.1) is 17.9 Å². The molecular weight excluding hydrogens is 273 g/mol. The zero-order chi connectivity index (χ0) is 14.5. The first-order chi connectivity index (χ1) is 8.84. The van der Waals surface area contributed by atoms with Gasteiger partial charge >= 0.3 is 5.97 Å². The Hall–Kier alpha value is -1.63. The summed E-state index contributed by atoms with van der Waals surface area (Å²) in [5.74, 6) is -1.33. The summed E-state index contributed by atoms with van der Waals surface area (Å²) < 4.78 is 40.3. The number of carbonyl (C=O) groups excluding carboxylic acids is 1. The van der Waals surface area contributed by atoms with E-state index in [0.29, 0.717) is 0 Å². The van der Waals surface area contributed by atoms with Crippen molar-refractivity contribution in [2.75, 3.05) is 23.8 Å². The summed E-state index contributed by atoms with van der Waals surface area (Å²) in [6.07, 6.45) is 0.215. The van der Waals surface area contributed by atoms with E-state index in [1.807, 2.05) is 0 Å². The summed E-state index contributed by atoms with van der Waals surface area (Å²) in [5.41, 5.74) is 5.54.